The fourth-order valence-corrected chi connectivity index (χ4v) is 2.87. The summed E-state index contributed by atoms with van der Waals surface area (Å²) in [5, 5.41) is 3.42. The number of hydrogen-bond donors (Lipinski definition) is 1. The smallest absolute Gasteiger partial charge is 0.130 e. The van der Waals surface area contributed by atoms with Crippen molar-refractivity contribution < 1.29 is 9.47 Å². The fourth-order valence-electron chi connectivity index (χ4n) is 2.87. The average Bonchev–Trinajstić information content (AvgIpc) is 2.56. The predicted octanol–water partition coefficient (Wildman–Crippen LogP) is 3.91. The maximum atomic E-state index is 6.16. The van der Waals surface area contributed by atoms with Crippen LogP contribution in [0.4, 0.5) is 0 Å². The van der Waals surface area contributed by atoms with Crippen molar-refractivity contribution in [3.8, 4) is 5.75 Å². The number of rotatable bonds is 5. The lowest BCUT2D eigenvalue weighted by molar-refractivity contribution is -0.0846. The molecule has 1 aromatic rings. The van der Waals surface area contributed by atoms with Crippen LogP contribution in [0.1, 0.15) is 53.5 Å². The van der Waals surface area contributed by atoms with Crippen LogP contribution in [0.3, 0.4) is 0 Å². The molecule has 21 heavy (non-hydrogen) atoms. The highest BCUT2D eigenvalue weighted by atomic mass is 16.6. The van der Waals surface area contributed by atoms with Gasteiger partial charge < -0.3 is 14.8 Å². The van der Waals surface area contributed by atoms with Crippen molar-refractivity contribution in [1.82, 2.24) is 5.32 Å². The molecule has 1 atom stereocenters. The molecule has 3 nitrogen and oxygen atoms in total. The monoisotopic (exact) mass is 291 g/mol. The minimum Gasteiger partial charge on any atom is -0.487 e. The van der Waals surface area contributed by atoms with Gasteiger partial charge in [-0.25, -0.2) is 0 Å². The summed E-state index contributed by atoms with van der Waals surface area (Å²) in [4.78, 5) is 0. The first-order chi connectivity index (χ1) is 9.68. The quantitative estimate of drug-likeness (QED) is 0.892. The Labute approximate surface area is 129 Å². The SMILES string of the molecule is CC(C)NCc1ccc(OC2CC(C)(C)OC2(C)C)cc1. The van der Waals surface area contributed by atoms with Gasteiger partial charge in [0.15, 0.2) is 0 Å². The first kappa shape index (κ1) is 16.3. The normalized spacial score (nSPS) is 23.5. The van der Waals surface area contributed by atoms with Gasteiger partial charge in [-0.1, -0.05) is 26.0 Å². The minimum absolute atomic E-state index is 0.0899. The molecule has 0 spiro atoms. The zero-order chi connectivity index (χ0) is 15.7. The van der Waals surface area contributed by atoms with Crippen LogP contribution < -0.4 is 10.1 Å². The Morgan fingerprint density at radius 2 is 1.81 bits per heavy atom. The van der Waals surface area contributed by atoms with Gasteiger partial charge in [-0.05, 0) is 45.4 Å². The van der Waals surface area contributed by atoms with Crippen LogP contribution in [0.2, 0.25) is 0 Å². The molecule has 118 valence electrons. The topological polar surface area (TPSA) is 30.5 Å². The van der Waals surface area contributed by atoms with E-state index in [0.717, 1.165) is 18.7 Å². The van der Waals surface area contributed by atoms with E-state index in [2.05, 4.69) is 71.1 Å². The number of benzene rings is 1. The van der Waals surface area contributed by atoms with Crippen molar-refractivity contribution in [2.45, 2.75) is 77.9 Å². The van der Waals surface area contributed by atoms with Crippen LogP contribution in [-0.2, 0) is 11.3 Å². The Balaban J connectivity index is 1.97. The van der Waals surface area contributed by atoms with E-state index >= 15 is 0 Å². The van der Waals surface area contributed by atoms with Gasteiger partial charge in [0.05, 0.1) is 5.60 Å². The van der Waals surface area contributed by atoms with E-state index in [4.69, 9.17) is 9.47 Å². The Bertz CT molecular complexity index is 463. The molecule has 0 radical (unpaired) electrons. The molecular weight excluding hydrogens is 262 g/mol. The lowest BCUT2D eigenvalue weighted by atomic mass is 9.97. The van der Waals surface area contributed by atoms with Crippen molar-refractivity contribution in [2.24, 2.45) is 0 Å². The summed E-state index contributed by atoms with van der Waals surface area (Å²) in [5.74, 6) is 0.919. The Morgan fingerprint density at radius 3 is 2.29 bits per heavy atom. The Morgan fingerprint density at radius 1 is 1.19 bits per heavy atom. The molecule has 0 bridgehead atoms. The van der Waals surface area contributed by atoms with Crippen molar-refractivity contribution in [3.63, 3.8) is 0 Å². The first-order valence-electron chi connectivity index (χ1n) is 7.87. The van der Waals surface area contributed by atoms with Crippen molar-refractivity contribution in [2.75, 3.05) is 0 Å². The van der Waals surface area contributed by atoms with Gasteiger partial charge in [-0.2, -0.15) is 0 Å². The zero-order valence-electron chi connectivity index (χ0n) is 14.2. The summed E-state index contributed by atoms with van der Waals surface area (Å²) < 4.78 is 12.2. The van der Waals surface area contributed by atoms with E-state index < -0.39 is 0 Å². The predicted molar refractivity (Wildman–Crippen MR) is 86.7 cm³/mol. The Kier molecular flexibility index (Phi) is 4.64. The van der Waals surface area contributed by atoms with Crippen LogP contribution in [0, 0.1) is 0 Å². The molecule has 0 aromatic heterocycles. The second-order valence-corrected chi connectivity index (χ2v) is 7.46. The third-order valence-corrected chi connectivity index (χ3v) is 3.91. The molecule has 0 amide bonds. The summed E-state index contributed by atoms with van der Waals surface area (Å²) in [7, 11) is 0. The second-order valence-electron chi connectivity index (χ2n) is 7.46. The van der Waals surface area contributed by atoms with Crippen molar-refractivity contribution in [1.29, 1.82) is 0 Å². The fraction of sp³-hybridized carbons (Fsp3) is 0.667. The number of nitrogens with one attached hydrogen (secondary N) is 1. The second kappa shape index (κ2) is 5.98. The molecular formula is C18H29NO2. The van der Waals surface area contributed by atoms with Crippen LogP contribution >= 0.6 is 0 Å². The van der Waals surface area contributed by atoms with E-state index in [1.807, 2.05) is 0 Å². The molecule has 1 saturated heterocycles. The van der Waals surface area contributed by atoms with Crippen molar-refractivity contribution in [3.05, 3.63) is 29.8 Å². The molecule has 1 N–H and O–H groups in total. The van der Waals surface area contributed by atoms with Crippen LogP contribution in [-0.4, -0.2) is 23.3 Å². The van der Waals surface area contributed by atoms with Gasteiger partial charge in [0.25, 0.3) is 0 Å². The van der Waals surface area contributed by atoms with Crippen LogP contribution in [0.25, 0.3) is 0 Å². The van der Waals surface area contributed by atoms with Gasteiger partial charge in [-0.15, -0.1) is 0 Å². The maximum absolute atomic E-state index is 6.16. The van der Waals surface area contributed by atoms with Gasteiger partial charge in [0.2, 0.25) is 0 Å². The van der Waals surface area contributed by atoms with E-state index in [0.29, 0.717) is 6.04 Å². The third-order valence-electron chi connectivity index (χ3n) is 3.91. The highest BCUT2D eigenvalue weighted by Gasteiger charge is 2.47. The summed E-state index contributed by atoms with van der Waals surface area (Å²) in [6, 6.07) is 8.86. The molecule has 1 aliphatic heterocycles. The molecule has 1 fully saturated rings. The minimum atomic E-state index is -0.249. The molecule has 0 aliphatic carbocycles. The largest absolute Gasteiger partial charge is 0.487 e. The summed E-state index contributed by atoms with van der Waals surface area (Å²) in [6.07, 6.45) is 1.00. The number of hydrogen-bond acceptors (Lipinski definition) is 3. The van der Waals surface area contributed by atoms with Crippen LogP contribution in [0.15, 0.2) is 24.3 Å². The Hall–Kier alpha value is -1.06. The molecule has 1 aliphatic rings. The molecule has 2 rings (SSSR count). The van der Waals surface area contributed by atoms with E-state index in [9.17, 15) is 0 Å². The molecule has 1 aromatic carbocycles. The van der Waals surface area contributed by atoms with E-state index in [1.54, 1.807) is 0 Å². The lowest BCUT2D eigenvalue weighted by Crippen LogP contribution is -2.36. The highest BCUT2D eigenvalue weighted by Crippen LogP contribution is 2.39. The van der Waals surface area contributed by atoms with Gasteiger partial charge >= 0.3 is 0 Å². The lowest BCUT2D eigenvalue weighted by Gasteiger charge is -2.27. The summed E-state index contributed by atoms with van der Waals surface area (Å²) in [6.45, 7) is 13.7. The first-order valence-corrected chi connectivity index (χ1v) is 7.87. The zero-order valence-corrected chi connectivity index (χ0v) is 14.2. The standard InChI is InChI=1S/C18H29NO2/c1-13(2)19-12-14-7-9-15(10-8-14)20-16-11-17(3,4)21-18(16,5)6/h7-10,13,16,19H,11-12H2,1-6H3. The third kappa shape index (κ3) is 4.45. The molecule has 0 saturated carbocycles. The summed E-state index contributed by atoms with van der Waals surface area (Å²) in [5.41, 5.74) is 0.912. The van der Waals surface area contributed by atoms with Gasteiger partial charge in [0, 0.05) is 19.0 Å². The molecule has 3 heteroatoms. The van der Waals surface area contributed by atoms with Crippen LogP contribution in [0.5, 0.6) is 5.75 Å². The van der Waals surface area contributed by atoms with E-state index in [-0.39, 0.29) is 17.3 Å². The average molecular weight is 291 g/mol. The van der Waals surface area contributed by atoms with E-state index in [1.165, 1.54) is 5.56 Å². The molecule has 1 unspecified atom stereocenters. The number of ether oxygens (including phenoxy) is 2. The van der Waals surface area contributed by atoms with Gasteiger partial charge in [-0.3, -0.25) is 0 Å². The summed E-state index contributed by atoms with van der Waals surface area (Å²) >= 11 is 0. The molecule has 1 heterocycles. The van der Waals surface area contributed by atoms with Crippen molar-refractivity contribution >= 4 is 0 Å². The highest BCUT2D eigenvalue weighted by molar-refractivity contribution is 5.28. The maximum Gasteiger partial charge on any atom is 0.130 e. The van der Waals surface area contributed by atoms with Gasteiger partial charge in [0.1, 0.15) is 17.5 Å².